The molecule has 1 fully saturated rings. The first kappa shape index (κ1) is 14.6. The third-order valence-electron chi connectivity index (χ3n) is 4.07. The summed E-state index contributed by atoms with van der Waals surface area (Å²) in [6, 6.07) is 9.36. The zero-order valence-electron chi connectivity index (χ0n) is 11.9. The van der Waals surface area contributed by atoms with Gasteiger partial charge in [0.15, 0.2) is 5.41 Å². The highest BCUT2D eigenvalue weighted by atomic mass is 16.6. The Labute approximate surface area is 118 Å². The molecule has 4 nitrogen and oxygen atoms in total. The highest BCUT2D eigenvalue weighted by Gasteiger charge is 2.51. The third kappa shape index (κ3) is 2.55. The van der Waals surface area contributed by atoms with Gasteiger partial charge < -0.3 is 9.84 Å². The fourth-order valence-electron chi connectivity index (χ4n) is 2.71. The van der Waals surface area contributed by atoms with Crippen molar-refractivity contribution in [2.24, 2.45) is 5.41 Å². The molecule has 0 heterocycles. The van der Waals surface area contributed by atoms with Crippen LogP contribution in [0.2, 0.25) is 0 Å². The Balaban J connectivity index is 2.20. The lowest BCUT2D eigenvalue weighted by molar-refractivity contribution is -0.178. The Kier molecular flexibility index (Phi) is 3.84. The molecule has 0 unspecified atom stereocenters. The van der Waals surface area contributed by atoms with Crippen LogP contribution in [0.25, 0.3) is 0 Å². The minimum Gasteiger partial charge on any atom is -0.480 e. The van der Waals surface area contributed by atoms with Crippen molar-refractivity contribution in [2.45, 2.75) is 45.1 Å². The van der Waals surface area contributed by atoms with Crippen LogP contribution in [0.4, 0.5) is 0 Å². The molecule has 1 aromatic carbocycles. The van der Waals surface area contributed by atoms with Gasteiger partial charge >= 0.3 is 11.9 Å². The van der Waals surface area contributed by atoms with Crippen molar-refractivity contribution in [2.75, 3.05) is 0 Å². The van der Waals surface area contributed by atoms with E-state index < -0.39 is 23.0 Å². The van der Waals surface area contributed by atoms with Gasteiger partial charge in [0.05, 0.1) is 0 Å². The van der Waals surface area contributed by atoms with Gasteiger partial charge in [0, 0.05) is 0 Å². The number of carbonyl (C=O) groups excluding carboxylic acids is 1. The molecule has 1 aliphatic rings. The number of ether oxygens (including phenoxy) is 1. The predicted molar refractivity (Wildman–Crippen MR) is 74.1 cm³/mol. The van der Waals surface area contributed by atoms with E-state index in [-0.39, 0.29) is 0 Å². The summed E-state index contributed by atoms with van der Waals surface area (Å²) >= 11 is 0. The minimum absolute atomic E-state index is 0.367. The van der Waals surface area contributed by atoms with Gasteiger partial charge in [0.1, 0.15) is 5.60 Å². The zero-order valence-corrected chi connectivity index (χ0v) is 11.9. The molecule has 0 saturated heterocycles. The van der Waals surface area contributed by atoms with E-state index in [1.165, 1.54) is 0 Å². The van der Waals surface area contributed by atoms with Crippen molar-refractivity contribution < 1.29 is 19.4 Å². The van der Waals surface area contributed by atoms with Gasteiger partial charge in [-0.1, -0.05) is 43.2 Å². The van der Waals surface area contributed by atoms with E-state index >= 15 is 0 Å². The summed E-state index contributed by atoms with van der Waals surface area (Å²) in [5.41, 5.74) is -1.33. The third-order valence-corrected chi connectivity index (χ3v) is 4.07. The molecule has 0 aromatic heterocycles. The molecular formula is C16H20O4. The molecule has 108 valence electrons. The van der Waals surface area contributed by atoms with Crippen molar-refractivity contribution in [1.82, 2.24) is 0 Å². The van der Waals surface area contributed by atoms with Crippen LogP contribution < -0.4 is 0 Å². The lowest BCUT2D eigenvalue weighted by Crippen LogP contribution is -2.41. The number of rotatable bonds is 4. The molecule has 0 amide bonds. The summed E-state index contributed by atoms with van der Waals surface area (Å²) < 4.78 is 5.55. The zero-order chi connectivity index (χ0) is 14.8. The summed E-state index contributed by atoms with van der Waals surface area (Å²) in [4.78, 5) is 23.9. The maximum absolute atomic E-state index is 12.4. The number of carboxylic acids is 1. The van der Waals surface area contributed by atoms with Crippen LogP contribution in [-0.4, -0.2) is 17.0 Å². The molecule has 0 spiro atoms. The maximum atomic E-state index is 12.4. The van der Waals surface area contributed by atoms with E-state index in [0.717, 1.165) is 18.4 Å². The van der Waals surface area contributed by atoms with E-state index in [1.54, 1.807) is 13.8 Å². The highest BCUT2D eigenvalue weighted by Crippen LogP contribution is 2.41. The maximum Gasteiger partial charge on any atom is 0.324 e. The SMILES string of the molecule is CC(C)(OC(=O)C1(C(=O)O)CCCC1)c1ccccc1. The van der Waals surface area contributed by atoms with E-state index in [4.69, 9.17) is 4.74 Å². The fraction of sp³-hybridized carbons (Fsp3) is 0.500. The molecular weight excluding hydrogens is 256 g/mol. The number of benzene rings is 1. The van der Waals surface area contributed by atoms with E-state index in [2.05, 4.69) is 0 Å². The van der Waals surface area contributed by atoms with Crippen LogP contribution >= 0.6 is 0 Å². The Morgan fingerprint density at radius 1 is 1.15 bits per heavy atom. The van der Waals surface area contributed by atoms with Gasteiger partial charge in [-0.15, -0.1) is 0 Å². The van der Waals surface area contributed by atoms with E-state index in [0.29, 0.717) is 12.8 Å². The van der Waals surface area contributed by atoms with Crippen molar-refractivity contribution in [3.8, 4) is 0 Å². The van der Waals surface area contributed by atoms with Crippen molar-refractivity contribution in [3.05, 3.63) is 35.9 Å². The smallest absolute Gasteiger partial charge is 0.324 e. The first-order valence-electron chi connectivity index (χ1n) is 6.91. The Bertz CT molecular complexity index is 498. The average molecular weight is 276 g/mol. The lowest BCUT2D eigenvalue weighted by Gasteiger charge is -2.30. The summed E-state index contributed by atoms with van der Waals surface area (Å²) in [7, 11) is 0. The fourth-order valence-corrected chi connectivity index (χ4v) is 2.71. The number of hydrogen-bond donors (Lipinski definition) is 1. The first-order valence-corrected chi connectivity index (χ1v) is 6.91. The second-order valence-electron chi connectivity index (χ2n) is 5.86. The molecule has 0 bridgehead atoms. The normalized spacial score (nSPS) is 17.7. The lowest BCUT2D eigenvalue weighted by atomic mass is 9.86. The largest absolute Gasteiger partial charge is 0.480 e. The Morgan fingerprint density at radius 3 is 2.20 bits per heavy atom. The number of carboxylic acid groups (broad SMARTS) is 1. The predicted octanol–water partition coefficient (Wildman–Crippen LogP) is 3.11. The molecule has 20 heavy (non-hydrogen) atoms. The molecule has 1 N–H and O–H groups in total. The second-order valence-corrected chi connectivity index (χ2v) is 5.86. The standard InChI is InChI=1S/C16H20O4/c1-15(2,12-8-4-3-5-9-12)20-14(19)16(13(17)18)10-6-7-11-16/h3-5,8-9H,6-7,10-11H2,1-2H3,(H,17,18). The molecule has 4 heteroatoms. The van der Waals surface area contributed by atoms with Crippen LogP contribution in [-0.2, 0) is 19.9 Å². The van der Waals surface area contributed by atoms with Crippen LogP contribution in [0.1, 0.15) is 45.1 Å². The van der Waals surface area contributed by atoms with Crippen molar-refractivity contribution >= 4 is 11.9 Å². The van der Waals surface area contributed by atoms with Crippen LogP contribution in [0.5, 0.6) is 0 Å². The van der Waals surface area contributed by atoms with Gasteiger partial charge in [-0.3, -0.25) is 9.59 Å². The van der Waals surface area contributed by atoms with E-state index in [9.17, 15) is 14.7 Å². The second kappa shape index (κ2) is 5.27. The van der Waals surface area contributed by atoms with Gasteiger partial charge in [-0.2, -0.15) is 0 Å². The van der Waals surface area contributed by atoms with Gasteiger partial charge in [-0.25, -0.2) is 0 Å². The molecule has 0 aliphatic heterocycles. The Morgan fingerprint density at radius 2 is 1.70 bits per heavy atom. The highest BCUT2D eigenvalue weighted by molar-refractivity contribution is 5.99. The Hall–Kier alpha value is -1.84. The topological polar surface area (TPSA) is 63.6 Å². The average Bonchev–Trinajstić information content (AvgIpc) is 2.90. The van der Waals surface area contributed by atoms with Crippen LogP contribution in [0, 0.1) is 5.41 Å². The number of aliphatic carboxylic acids is 1. The number of esters is 1. The molecule has 0 atom stereocenters. The van der Waals surface area contributed by atoms with Crippen LogP contribution in [0.3, 0.4) is 0 Å². The summed E-state index contributed by atoms with van der Waals surface area (Å²) in [5.74, 6) is -1.68. The first-order chi connectivity index (χ1) is 9.38. The van der Waals surface area contributed by atoms with Crippen molar-refractivity contribution in [1.29, 1.82) is 0 Å². The molecule has 1 saturated carbocycles. The van der Waals surface area contributed by atoms with Gasteiger partial charge in [0.25, 0.3) is 0 Å². The molecule has 0 radical (unpaired) electrons. The molecule has 2 rings (SSSR count). The summed E-state index contributed by atoms with van der Waals surface area (Å²) in [5, 5.41) is 9.40. The monoisotopic (exact) mass is 276 g/mol. The van der Waals surface area contributed by atoms with Gasteiger partial charge in [-0.05, 0) is 32.3 Å². The van der Waals surface area contributed by atoms with Crippen molar-refractivity contribution in [3.63, 3.8) is 0 Å². The number of hydrogen-bond acceptors (Lipinski definition) is 3. The summed E-state index contributed by atoms with van der Waals surface area (Å²) in [6.07, 6.45) is 2.25. The number of carbonyl (C=O) groups is 2. The summed E-state index contributed by atoms with van der Waals surface area (Å²) in [6.45, 7) is 3.56. The quantitative estimate of drug-likeness (QED) is 0.678. The van der Waals surface area contributed by atoms with Crippen LogP contribution in [0.15, 0.2) is 30.3 Å². The minimum atomic E-state index is -1.36. The van der Waals surface area contributed by atoms with Gasteiger partial charge in [0.2, 0.25) is 0 Å². The molecule has 1 aromatic rings. The van der Waals surface area contributed by atoms with E-state index in [1.807, 2.05) is 30.3 Å². The molecule has 1 aliphatic carbocycles.